The summed E-state index contributed by atoms with van der Waals surface area (Å²) >= 11 is 0. The van der Waals surface area contributed by atoms with Crippen LogP contribution in [0.5, 0.6) is 5.75 Å². The number of amides is 1. The van der Waals surface area contributed by atoms with Crippen LogP contribution in [0.1, 0.15) is 50.9 Å². The maximum Gasteiger partial charge on any atom is 0.339 e. The highest BCUT2D eigenvalue weighted by atomic mass is 16.5. The van der Waals surface area contributed by atoms with Gasteiger partial charge < -0.3 is 23.7 Å². The average Bonchev–Trinajstić information content (AvgIpc) is 3.32. The van der Waals surface area contributed by atoms with E-state index >= 15 is 0 Å². The zero-order valence-corrected chi connectivity index (χ0v) is 16.3. The molecule has 0 radical (unpaired) electrons. The van der Waals surface area contributed by atoms with E-state index in [1.807, 2.05) is 6.92 Å². The molecule has 0 saturated heterocycles. The maximum atomic E-state index is 12.6. The van der Waals surface area contributed by atoms with E-state index in [4.69, 9.17) is 18.8 Å². The molecule has 1 amide bonds. The van der Waals surface area contributed by atoms with Crippen molar-refractivity contribution in [3.63, 3.8) is 0 Å². The van der Waals surface area contributed by atoms with Crippen molar-refractivity contribution in [2.45, 2.75) is 33.4 Å². The van der Waals surface area contributed by atoms with E-state index in [1.165, 1.54) is 11.0 Å². The Kier molecular flexibility index (Phi) is 5.96. The third-order valence-corrected chi connectivity index (χ3v) is 4.22. The monoisotopic (exact) mass is 399 g/mol. The molecular formula is C20H21N3O6. The van der Waals surface area contributed by atoms with Crippen LogP contribution in [0.3, 0.4) is 0 Å². The molecule has 0 saturated carbocycles. The summed E-state index contributed by atoms with van der Waals surface area (Å²) < 4.78 is 16.0. The largest absolute Gasteiger partial charge is 0.485 e. The van der Waals surface area contributed by atoms with Gasteiger partial charge in [0.15, 0.2) is 6.61 Å². The van der Waals surface area contributed by atoms with Crippen LogP contribution in [0.15, 0.2) is 39.3 Å². The molecule has 9 nitrogen and oxygen atoms in total. The first kappa shape index (κ1) is 20.1. The number of aromatic nitrogens is 2. The molecule has 0 aliphatic heterocycles. The molecule has 1 N–H and O–H groups in total. The SMILES string of the molecule is CCc1nc(COc2ccc(C(=O)N(C)Cc3cc(C(=O)O)c(C)o3)cc2)no1. The Hall–Kier alpha value is -3.62. The summed E-state index contributed by atoms with van der Waals surface area (Å²) in [6.45, 7) is 3.82. The number of hydrogen-bond donors (Lipinski definition) is 1. The molecule has 0 spiro atoms. The Morgan fingerprint density at radius 1 is 1.24 bits per heavy atom. The molecule has 0 fully saturated rings. The minimum Gasteiger partial charge on any atom is -0.485 e. The van der Waals surface area contributed by atoms with Crippen LogP contribution in [0, 0.1) is 6.92 Å². The molecule has 0 aliphatic carbocycles. The number of hydrogen-bond acceptors (Lipinski definition) is 7. The first-order valence-corrected chi connectivity index (χ1v) is 8.99. The first-order chi connectivity index (χ1) is 13.9. The number of rotatable bonds is 8. The van der Waals surface area contributed by atoms with Crippen molar-refractivity contribution in [1.29, 1.82) is 0 Å². The fraction of sp³-hybridized carbons (Fsp3) is 0.300. The Morgan fingerprint density at radius 3 is 2.55 bits per heavy atom. The Labute approximate surface area is 166 Å². The Balaban J connectivity index is 1.58. The van der Waals surface area contributed by atoms with Crippen LogP contribution in [-0.2, 0) is 19.6 Å². The van der Waals surface area contributed by atoms with Gasteiger partial charge in [-0.3, -0.25) is 4.79 Å². The fourth-order valence-corrected chi connectivity index (χ4v) is 2.69. The van der Waals surface area contributed by atoms with Gasteiger partial charge in [-0.25, -0.2) is 4.79 Å². The van der Waals surface area contributed by atoms with Crippen molar-refractivity contribution in [1.82, 2.24) is 15.0 Å². The second-order valence-electron chi connectivity index (χ2n) is 6.42. The highest BCUT2D eigenvalue weighted by Gasteiger charge is 2.18. The number of aromatic carboxylic acids is 1. The van der Waals surface area contributed by atoms with Gasteiger partial charge in [-0.1, -0.05) is 12.1 Å². The van der Waals surface area contributed by atoms with E-state index in [2.05, 4.69) is 10.1 Å². The van der Waals surface area contributed by atoms with Crippen molar-refractivity contribution in [2.75, 3.05) is 7.05 Å². The van der Waals surface area contributed by atoms with Gasteiger partial charge in [-0.05, 0) is 37.3 Å². The van der Waals surface area contributed by atoms with E-state index in [0.717, 1.165) is 0 Å². The van der Waals surface area contributed by atoms with Crippen molar-refractivity contribution in [3.8, 4) is 5.75 Å². The number of aryl methyl sites for hydroxylation is 2. The number of furan rings is 1. The van der Waals surface area contributed by atoms with Gasteiger partial charge in [0.05, 0.1) is 6.54 Å². The topological polar surface area (TPSA) is 119 Å². The number of carbonyl (C=O) groups is 2. The summed E-state index contributed by atoms with van der Waals surface area (Å²) in [5, 5.41) is 12.9. The van der Waals surface area contributed by atoms with Crippen LogP contribution >= 0.6 is 0 Å². The van der Waals surface area contributed by atoms with Crippen molar-refractivity contribution in [3.05, 3.63) is 64.7 Å². The van der Waals surface area contributed by atoms with Crippen molar-refractivity contribution in [2.24, 2.45) is 0 Å². The van der Waals surface area contributed by atoms with Crippen molar-refractivity contribution >= 4 is 11.9 Å². The van der Waals surface area contributed by atoms with Gasteiger partial charge in [-0.15, -0.1) is 0 Å². The number of carboxylic acids is 1. The lowest BCUT2D eigenvalue weighted by atomic mass is 10.2. The molecule has 0 atom stereocenters. The lowest BCUT2D eigenvalue weighted by molar-refractivity contribution is 0.0694. The van der Waals surface area contributed by atoms with Crippen molar-refractivity contribution < 1.29 is 28.4 Å². The summed E-state index contributed by atoms with van der Waals surface area (Å²) in [6, 6.07) is 8.10. The molecule has 2 heterocycles. The molecule has 1 aromatic carbocycles. The fourth-order valence-electron chi connectivity index (χ4n) is 2.69. The zero-order chi connectivity index (χ0) is 21.0. The third kappa shape index (κ3) is 4.81. The van der Waals surface area contributed by atoms with Gasteiger partial charge in [0.2, 0.25) is 11.7 Å². The van der Waals surface area contributed by atoms with Gasteiger partial charge >= 0.3 is 5.97 Å². The summed E-state index contributed by atoms with van der Waals surface area (Å²) in [5.74, 6) is 0.998. The lowest BCUT2D eigenvalue weighted by Gasteiger charge is -2.16. The molecule has 9 heteroatoms. The zero-order valence-electron chi connectivity index (χ0n) is 16.3. The normalized spacial score (nSPS) is 10.7. The van der Waals surface area contributed by atoms with Gasteiger partial charge in [0.1, 0.15) is 22.8 Å². The second-order valence-corrected chi connectivity index (χ2v) is 6.42. The summed E-state index contributed by atoms with van der Waals surface area (Å²) in [6.07, 6.45) is 0.659. The van der Waals surface area contributed by atoms with Crippen LogP contribution in [-0.4, -0.2) is 39.1 Å². The molecule has 29 heavy (non-hydrogen) atoms. The second kappa shape index (κ2) is 8.59. The number of ether oxygens (including phenoxy) is 1. The van der Waals surface area contributed by atoms with E-state index < -0.39 is 5.97 Å². The van der Waals surface area contributed by atoms with Crippen LogP contribution in [0.2, 0.25) is 0 Å². The van der Waals surface area contributed by atoms with Crippen LogP contribution < -0.4 is 4.74 Å². The Bertz CT molecular complexity index is 1010. The maximum absolute atomic E-state index is 12.6. The first-order valence-electron chi connectivity index (χ1n) is 8.99. The predicted octanol–water partition coefficient (Wildman–Crippen LogP) is 3.08. The molecule has 0 bridgehead atoms. The number of carboxylic acid groups (broad SMARTS) is 1. The molecule has 0 aliphatic rings. The molecule has 0 unspecified atom stereocenters. The Morgan fingerprint density at radius 2 is 1.97 bits per heavy atom. The summed E-state index contributed by atoms with van der Waals surface area (Å²) in [5.41, 5.74) is 0.560. The standard InChI is InChI=1S/C20H21N3O6/c1-4-18-21-17(22-29-18)11-27-14-7-5-13(6-8-14)19(24)23(3)10-15-9-16(20(25)26)12(2)28-15/h5-9H,4,10-11H2,1-3H3,(H,25,26). The highest BCUT2D eigenvalue weighted by molar-refractivity contribution is 5.94. The van der Waals surface area contributed by atoms with E-state index in [0.29, 0.717) is 41.0 Å². The molecule has 152 valence electrons. The minimum atomic E-state index is -1.06. The minimum absolute atomic E-state index is 0.0926. The number of nitrogens with zero attached hydrogens (tertiary/aromatic N) is 3. The summed E-state index contributed by atoms with van der Waals surface area (Å²) in [7, 11) is 1.62. The van der Waals surface area contributed by atoms with E-state index in [1.54, 1.807) is 38.2 Å². The lowest BCUT2D eigenvalue weighted by Crippen LogP contribution is -2.25. The van der Waals surface area contributed by atoms with Gasteiger partial charge in [0, 0.05) is 19.0 Å². The van der Waals surface area contributed by atoms with Crippen LogP contribution in [0.25, 0.3) is 0 Å². The summed E-state index contributed by atoms with van der Waals surface area (Å²) in [4.78, 5) is 29.3. The van der Waals surface area contributed by atoms with Gasteiger partial charge in [0.25, 0.3) is 5.91 Å². The predicted molar refractivity (Wildman–Crippen MR) is 101 cm³/mol. The third-order valence-electron chi connectivity index (χ3n) is 4.22. The van der Waals surface area contributed by atoms with E-state index in [9.17, 15) is 9.59 Å². The van der Waals surface area contributed by atoms with Crippen LogP contribution in [0.4, 0.5) is 0 Å². The molecule has 3 aromatic rings. The molecule has 3 rings (SSSR count). The smallest absolute Gasteiger partial charge is 0.339 e. The average molecular weight is 399 g/mol. The van der Waals surface area contributed by atoms with Gasteiger partial charge in [-0.2, -0.15) is 4.98 Å². The highest BCUT2D eigenvalue weighted by Crippen LogP contribution is 2.18. The number of carbonyl (C=O) groups excluding carboxylic acids is 1. The van der Waals surface area contributed by atoms with E-state index in [-0.39, 0.29) is 24.6 Å². The molecule has 2 aromatic heterocycles. The molecular weight excluding hydrogens is 378 g/mol. The quantitative estimate of drug-likeness (QED) is 0.614. The number of benzene rings is 1.